The average Bonchev–Trinajstić information content (AvgIpc) is 2.37. The molecule has 22 heavy (non-hydrogen) atoms. The van der Waals surface area contributed by atoms with Crippen molar-refractivity contribution in [1.82, 2.24) is 0 Å². The van der Waals surface area contributed by atoms with Crippen molar-refractivity contribution in [2.75, 3.05) is 0 Å². The van der Waals surface area contributed by atoms with Crippen LogP contribution < -0.4 is 34.5 Å². The van der Waals surface area contributed by atoms with Gasteiger partial charge in [-0.25, -0.2) is 0 Å². The molecule has 0 aromatic heterocycles. The van der Waals surface area contributed by atoms with Crippen molar-refractivity contribution in [3.8, 4) is 0 Å². The number of rotatable bonds is 4. The molecule has 0 aliphatic heterocycles. The van der Waals surface area contributed by atoms with E-state index in [9.17, 15) is 9.46 Å². The molecule has 112 valence electrons. The van der Waals surface area contributed by atoms with Crippen molar-refractivity contribution in [1.29, 1.82) is 0 Å². The van der Waals surface area contributed by atoms with Gasteiger partial charge in [-0.05, 0) is 74.2 Å². The minimum Gasteiger partial charge on any atom is -0.783 e. The Hall–Kier alpha value is 0.330. The SMILES string of the molecule is Cc1ccc(SP(=O)([O-])Sc2ccc(C)c(C)c2)cc1C.[Na+]. The molecule has 0 saturated carbocycles. The van der Waals surface area contributed by atoms with Gasteiger partial charge >= 0.3 is 29.6 Å². The van der Waals surface area contributed by atoms with Crippen LogP contribution in [0.1, 0.15) is 22.3 Å². The van der Waals surface area contributed by atoms with Crippen LogP contribution >= 0.6 is 28.5 Å². The Bertz CT molecular complexity index is 662. The summed E-state index contributed by atoms with van der Waals surface area (Å²) in [6, 6.07) is 11.5. The van der Waals surface area contributed by atoms with Gasteiger partial charge in [-0.3, -0.25) is 0 Å². The van der Waals surface area contributed by atoms with Crippen LogP contribution in [0.3, 0.4) is 0 Å². The predicted molar refractivity (Wildman–Crippen MR) is 91.2 cm³/mol. The number of benzene rings is 2. The topological polar surface area (TPSA) is 40.1 Å². The Morgan fingerprint density at radius 2 is 1.14 bits per heavy atom. The summed E-state index contributed by atoms with van der Waals surface area (Å²) in [5, 5.41) is 0. The third kappa shape index (κ3) is 5.76. The molecule has 0 aliphatic carbocycles. The van der Waals surface area contributed by atoms with Gasteiger partial charge in [-0.1, -0.05) is 34.9 Å². The van der Waals surface area contributed by atoms with Gasteiger partial charge in [0.15, 0.2) is 0 Å². The van der Waals surface area contributed by atoms with Gasteiger partial charge in [0.25, 0.3) is 0 Å². The summed E-state index contributed by atoms with van der Waals surface area (Å²) in [4.78, 5) is 13.9. The van der Waals surface area contributed by atoms with E-state index < -0.39 is 5.77 Å². The largest absolute Gasteiger partial charge is 1.00 e. The summed E-state index contributed by atoms with van der Waals surface area (Å²) < 4.78 is 12.3. The van der Waals surface area contributed by atoms with Crippen molar-refractivity contribution in [2.24, 2.45) is 0 Å². The second-order valence-electron chi connectivity index (χ2n) is 5.12. The van der Waals surface area contributed by atoms with Crippen LogP contribution in [-0.4, -0.2) is 0 Å². The molecule has 2 aromatic carbocycles. The standard InChI is InChI=1S/C16H19O2PS2.Na/c1-11-5-7-15(9-13(11)3)20-19(17,18)21-16-8-6-12(2)14(4)10-16;/h5-10H,1-4H3,(H,17,18);/q;+1/p-1. The predicted octanol–water partition coefficient (Wildman–Crippen LogP) is 2.28. The molecule has 0 amide bonds. The molecule has 6 heteroatoms. The monoisotopic (exact) mass is 360 g/mol. The molecule has 2 rings (SSSR count). The average molecular weight is 360 g/mol. The summed E-state index contributed by atoms with van der Waals surface area (Å²) in [7, 11) is 0. The molecule has 2 aromatic rings. The number of aryl methyl sites for hydroxylation is 4. The molecule has 0 unspecified atom stereocenters. The zero-order valence-electron chi connectivity index (χ0n) is 13.5. The zero-order chi connectivity index (χ0) is 15.6. The van der Waals surface area contributed by atoms with Gasteiger partial charge in [0.2, 0.25) is 0 Å². The minimum atomic E-state index is -3.62. The summed E-state index contributed by atoms with van der Waals surface area (Å²) in [5.41, 5.74) is 4.55. The maximum atomic E-state index is 12.3. The summed E-state index contributed by atoms with van der Waals surface area (Å²) in [6.07, 6.45) is 0. The summed E-state index contributed by atoms with van der Waals surface area (Å²) in [6.45, 7) is 8.02. The Morgan fingerprint density at radius 1 is 0.773 bits per heavy atom. The first-order valence-corrected chi connectivity index (χ1v) is 11.1. The first kappa shape index (κ1) is 20.4. The van der Waals surface area contributed by atoms with Crippen molar-refractivity contribution in [3.63, 3.8) is 0 Å². The third-order valence-corrected chi connectivity index (χ3v) is 8.72. The summed E-state index contributed by atoms with van der Waals surface area (Å²) >= 11 is 1.87. The van der Waals surface area contributed by atoms with E-state index in [-0.39, 0.29) is 29.6 Å². The normalized spacial score (nSPS) is 11.1. The molecule has 0 fully saturated rings. The van der Waals surface area contributed by atoms with Crippen LogP contribution in [0, 0.1) is 27.7 Å². The second kappa shape index (κ2) is 8.43. The molecule has 0 saturated heterocycles. The van der Waals surface area contributed by atoms with E-state index in [2.05, 4.69) is 0 Å². The van der Waals surface area contributed by atoms with Crippen LogP contribution in [0.25, 0.3) is 0 Å². The van der Waals surface area contributed by atoms with E-state index in [4.69, 9.17) is 0 Å². The van der Waals surface area contributed by atoms with Crippen LogP contribution in [0.5, 0.6) is 0 Å². The quantitative estimate of drug-likeness (QED) is 0.620. The molecular weight excluding hydrogens is 342 g/mol. The molecular formula is C16H18NaO2PS2. The zero-order valence-corrected chi connectivity index (χ0v) is 18.1. The third-order valence-electron chi connectivity index (χ3n) is 3.39. The number of hydrogen-bond donors (Lipinski definition) is 0. The minimum absolute atomic E-state index is 0. The molecule has 0 spiro atoms. The van der Waals surface area contributed by atoms with E-state index in [0.717, 1.165) is 43.7 Å². The van der Waals surface area contributed by atoms with Crippen molar-refractivity contribution in [3.05, 3.63) is 58.7 Å². The fourth-order valence-corrected chi connectivity index (χ4v) is 7.32. The van der Waals surface area contributed by atoms with Crippen LogP contribution in [0.15, 0.2) is 46.2 Å². The van der Waals surface area contributed by atoms with Gasteiger partial charge in [-0.2, -0.15) is 0 Å². The number of hydrogen-bond acceptors (Lipinski definition) is 4. The Kier molecular flexibility index (Phi) is 7.81. The first-order chi connectivity index (χ1) is 9.77. The van der Waals surface area contributed by atoms with Crippen molar-refractivity contribution < 1.29 is 39.0 Å². The molecule has 0 N–H and O–H groups in total. The molecule has 0 heterocycles. The van der Waals surface area contributed by atoms with Crippen LogP contribution in [0.2, 0.25) is 0 Å². The van der Waals surface area contributed by atoms with Crippen LogP contribution in [-0.2, 0) is 4.57 Å². The fourth-order valence-electron chi connectivity index (χ4n) is 1.82. The molecule has 0 aliphatic rings. The Labute approximate surface area is 162 Å². The van der Waals surface area contributed by atoms with Crippen molar-refractivity contribution in [2.45, 2.75) is 37.5 Å². The van der Waals surface area contributed by atoms with Gasteiger partial charge in [-0.15, -0.1) is 0 Å². The van der Waals surface area contributed by atoms with Crippen molar-refractivity contribution >= 4 is 28.5 Å². The Morgan fingerprint density at radius 3 is 1.45 bits per heavy atom. The maximum absolute atomic E-state index is 12.3. The van der Waals surface area contributed by atoms with Gasteiger partial charge < -0.3 is 9.46 Å². The second-order valence-corrected chi connectivity index (χ2v) is 12.0. The molecule has 0 bridgehead atoms. The van der Waals surface area contributed by atoms with E-state index >= 15 is 0 Å². The smallest absolute Gasteiger partial charge is 0.783 e. The summed E-state index contributed by atoms with van der Waals surface area (Å²) in [5.74, 6) is -3.62. The molecule has 0 radical (unpaired) electrons. The van der Waals surface area contributed by atoms with Crippen LogP contribution in [0.4, 0.5) is 0 Å². The van der Waals surface area contributed by atoms with E-state index in [0.29, 0.717) is 0 Å². The first-order valence-electron chi connectivity index (χ1n) is 6.61. The van der Waals surface area contributed by atoms with Gasteiger partial charge in [0.05, 0.1) is 0 Å². The fraction of sp³-hybridized carbons (Fsp3) is 0.250. The molecule has 2 nitrogen and oxygen atoms in total. The maximum Gasteiger partial charge on any atom is 1.00 e. The molecule has 0 atom stereocenters. The van der Waals surface area contributed by atoms with E-state index in [1.807, 2.05) is 64.1 Å². The van der Waals surface area contributed by atoms with Gasteiger partial charge in [0, 0.05) is 9.79 Å². The van der Waals surface area contributed by atoms with E-state index in [1.165, 1.54) is 11.1 Å². The Balaban J connectivity index is 0.00000242. The van der Waals surface area contributed by atoms with Gasteiger partial charge in [0.1, 0.15) is 5.77 Å². The van der Waals surface area contributed by atoms with E-state index in [1.54, 1.807) is 0 Å².